The van der Waals surface area contributed by atoms with E-state index >= 15 is 0 Å². The van der Waals surface area contributed by atoms with E-state index in [-0.39, 0.29) is 5.04 Å². The van der Waals surface area contributed by atoms with Gasteiger partial charge in [-0.05, 0) is 73.5 Å². The van der Waals surface area contributed by atoms with Gasteiger partial charge < -0.3 is 9.16 Å². The second kappa shape index (κ2) is 12.6. The molecular weight excluding hydrogens is 466 g/mol. The van der Waals surface area contributed by atoms with Crippen molar-refractivity contribution in [3.8, 4) is 5.88 Å². The van der Waals surface area contributed by atoms with Gasteiger partial charge in [0, 0.05) is 28.4 Å². The molecular formula is C30H45NO2SSi. The van der Waals surface area contributed by atoms with Crippen LogP contribution in [0.1, 0.15) is 76.6 Å². The number of allylic oxidation sites excluding steroid dienone is 1. The standard InChI is InChI=1S/C30H45NO2SSi/c1-8-24-16-19-28(31-29(24)32-5)27(22-23-12-9-10-13-23)25-14-17-26(18-15-25)34-21-11-20-33-35(6,7)30(2,3)4/h14-19,22-23H,8-13,20-21H2,1-7H3/b27-22-. The molecule has 0 saturated heterocycles. The molecule has 1 aliphatic rings. The summed E-state index contributed by atoms with van der Waals surface area (Å²) in [4.78, 5) is 6.22. The fourth-order valence-electron chi connectivity index (χ4n) is 4.28. The first-order valence-electron chi connectivity index (χ1n) is 13.3. The number of aryl methyl sites for hydroxylation is 1. The average molecular weight is 512 g/mol. The zero-order valence-electron chi connectivity index (χ0n) is 22.9. The number of hydrogen-bond donors (Lipinski definition) is 0. The first-order chi connectivity index (χ1) is 16.6. The summed E-state index contributed by atoms with van der Waals surface area (Å²) in [5, 5.41) is 0.273. The third kappa shape index (κ3) is 7.71. The van der Waals surface area contributed by atoms with E-state index in [2.05, 4.69) is 83.3 Å². The van der Waals surface area contributed by atoms with E-state index in [1.54, 1.807) is 7.11 Å². The summed E-state index contributed by atoms with van der Waals surface area (Å²) >= 11 is 1.92. The molecule has 0 radical (unpaired) electrons. The molecule has 192 valence electrons. The average Bonchev–Trinajstić information content (AvgIpc) is 3.35. The first kappa shape index (κ1) is 28.0. The van der Waals surface area contributed by atoms with Crippen LogP contribution in [-0.4, -0.2) is 32.8 Å². The molecule has 1 fully saturated rings. The molecule has 1 saturated carbocycles. The van der Waals surface area contributed by atoms with Crippen LogP contribution in [0.15, 0.2) is 47.4 Å². The number of pyridine rings is 1. The van der Waals surface area contributed by atoms with Crippen LogP contribution in [0.2, 0.25) is 18.1 Å². The molecule has 0 spiro atoms. The predicted octanol–water partition coefficient (Wildman–Crippen LogP) is 8.78. The molecule has 1 aromatic carbocycles. The minimum atomic E-state index is -1.65. The first-order valence-corrected chi connectivity index (χ1v) is 17.2. The Balaban J connectivity index is 1.68. The SMILES string of the molecule is CCc1ccc(/C(=C\C2CCCC2)c2ccc(SCCCO[Si](C)(C)C(C)(C)C)cc2)nc1OC. The van der Waals surface area contributed by atoms with Gasteiger partial charge in [0.1, 0.15) is 0 Å². The highest BCUT2D eigenvalue weighted by Crippen LogP contribution is 2.37. The Kier molecular flexibility index (Phi) is 10.1. The number of hydrogen-bond acceptors (Lipinski definition) is 4. The molecule has 0 bridgehead atoms. The van der Waals surface area contributed by atoms with Crippen molar-refractivity contribution < 1.29 is 9.16 Å². The lowest BCUT2D eigenvalue weighted by Gasteiger charge is -2.36. The monoisotopic (exact) mass is 511 g/mol. The van der Waals surface area contributed by atoms with Crippen LogP contribution in [0.5, 0.6) is 5.88 Å². The van der Waals surface area contributed by atoms with E-state index in [0.29, 0.717) is 5.92 Å². The molecule has 3 rings (SSSR count). The number of ether oxygens (including phenoxy) is 1. The summed E-state index contributed by atoms with van der Waals surface area (Å²) in [6.07, 6.45) is 9.67. The molecule has 3 nitrogen and oxygen atoms in total. The number of rotatable bonds is 11. The Morgan fingerprint density at radius 3 is 2.37 bits per heavy atom. The van der Waals surface area contributed by atoms with Gasteiger partial charge in [-0.15, -0.1) is 11.8 Å². The van der Waals surface area contributed by atoms with Crippen LogP contribution < -0.4 is 4.74 Å². The number of methoxy groups -OCH3 is 1. The van der Waals surface area contributed by atoms with Gasteiger partial charge in [-0.2, -0.15) is 0 Å². The third-order valence-electron chi connectivity index (χ3n) is 7.58. The number of nitrogens with zero attached hydrogens (tertiary/aromatic N) is 1. The Morgan fingerprint density at radius 2 is 1.77 bits per heavy atom. The predicted molar refractivity (Wildman–Crippen MR) is 154 cm³/mol. The Hall–Kier alpha value is -1.56. The highest BCUT2D eigenvalue weighted by molar-refractivity contribution is 7.99. The molecule has 0 amide bonds. The van der Waals surface area contributed by atoms with Gasteiger partial charge in [-0.25, -0.2) is 4.98 Å². The van der Waals surface area contributed by atoms with E-state index in [1.807, 2.05) is 11.8 Å². The number of benzene rings is 1. The van der Waals surface area contributed by atoms with Crippen molar-refractivity contribution in [1.82, 2.24) is 4.98 Å². The summed E-state index contributed by atoms with van der Waals surface area (Å²) in [6, 6.07) is 13.4. The van der Waals surface area contributed by atoms with Gasteiger partial charge in [0.25, 0.3) is 0 Å². The fraction of sp³-hybridized carbons (Fsp3) is 0.567. The summed E-state index contributed by atoms with van der Waals surface area (Å²) in [5.74, 6) is 2.46. The lowest BCUT2D eigenvalue weighted by Crippen LogP contribution is -2.41. The molecule has 5 heteroatoms. The van der Waals surface area contributed by atoms with Crippen molar-refractivity contribution in [3.05, 3.63) is 59.3 Å². The van der Waals surface area contributed by atoms with Crippen molar-refractivity contribution in [2.75, 3.05) is 19.5 Å². The maximum absolute atomic E-state index is 6.33. The topological polar surface area (TPSA) is 31.4 Å². The van der Waals surface area contributed by atoms with Crippen LogP contribution in [-0.2, 0) is 10.8 Å². The van der Waals surface area contributed by atoms with Crippen molar-refractivity contribution in [1.29, 1.82) is 0 Å². The van der Waals surface area contributed by atoms with E-state index in [0.717, 1.165) is 42.3 Å². The summed E-state index contributed by atoms with van der Waals surface area (Å²) in [5.41, 5.74) is 4.63. The zero-order chi connectivity index (χ0) is 25.5. The molecule has 1 heterocycles. The van der Waals surface area contributed by atoms with E-state index in [4.69, 9.17) is 14.1 Å². The molecule has 0 aliphatic heterocycles. The molecule has 1 aromatic heterocycles. The van der Waals surface area contributed by atoms with E-state index < -0.39 is 8.32 Å². The molecule has 35 heavy (non-hydrogen) atoms. The Bertz CT molecular complexity index is 973. The highest BCUT2D eigenvalue weighted by atomic mass is 32.2. The second-order valence-corrected chi connectivity index (χ2v) is 17.2. The molecule has 0 atom stereocenters. The summed E-state index contributed by atoms with van der Waals surface area (Å²) in [6.45, 7) is 14.6. The van der Waals surface area contributed by atoms with Crippen molar-refractivity contribution in [2.24, 2.45) is 5.92 Å². The van der Waals surface area contributed by atoms with Crippen molar-refractivity contribution in [3.63, 3.8) is 0 Å². The smallest absolute Gasteiger partial charge is 0.216 e. The van der Waals surface area contributed by atoms with Gasteiger partial charge in [0.05, 0.1) is 12.8 Å². The van der Waals surface area contributed by atoms with Crippen LogP contribution >= 0.6 is 11.8 Å². The zero-order valence-corrected chi connectivity index (χ0v) is 24.8. The third-order valence-corrected chi connectivity index (χ3v) is 13.2. The lowest BCUT2D eigenvalue weighted by atomic mass is 9.95. The minimum Gasteiger partial charge on any atom is -0.481 e. The largest absolute Gasteiger partial charge is 0.481 e. The molecule has 0 unspecified atom stereocenters. The normalized spacial score (nSPS) is 15.6. The lowest BCUT2D eigenvalue weighted by molar-refractivity contribution is 0.289. The Labute approximate surface area is 219 Å². The quantitative estimate of drug-likeness (QED) is 0.171. The minimum absolute atomic E-state index is 0.273. The van der Waals surface area contributed by atoms with Gasteiger partial charge in [0.15, 0.2) is 8.32 Å². The van der Waals surface area contributed by atoms with Crippen molar-refractivity contribution >= 4 is 25.7 Å². The molecule has 0 N–H and O–H groups in total. The second-order valence-electron chi connectivity index (χ2n) is 11.2. The van der Waals surface area contributed by atoms with Crippen molar-refractivity contribution in [2.45, 2.75) is 89.2 Å². The number of thioether (sulfide) groups is 1. The van der Waals surface area contributed by atoms with Gasteiger partial charge in [0.2, 0.25) is 5.88 Å². The summed E-state index contributed by atoms with van der Waals surface area (Å²) in [7, 11) is 0.0716. The van der Waals surface area contributed by atoms with Crippen LogP contribution in [0, 0.1) is 5.92 Å². The van der Waals surface area contributed by atoms with Crippen LogP contribution in [0.25, 0.3) is 5.57 Å². The maximum Gasteiger partial charge on any atom is 0.216 e. The van der Waals surface area contributed by atoms with Gasteiger partial charge in [-0.1, -0.05) is 64.8 Å². The number of aromatic nitrogens is 1. The highest BCUT2D eigenvalue weighted by Gasteiger charge is 2.36. The van der Waals surface area contributed by atoms with Gasteiger partial charge >= 0.3 is 0 Å². The van der Waals surface area contributed by atoms with E-state index in [9.17, 15) is 0 Å². The molecule has 2 aromatic rings. The van der Waals surface area contributed by atoms with E-state index in [1.165, 1.54) is 41.7 Å². The maximum atomic E-state index is 6.33. The Morgan fingerprint density at radius 1 is 1.09 bits per heavy atom. The van der Waals surface area contributed by atoms with Crippen LogP contribution in [0.4, 0.5) is 0 Å². The van der Waals surface area contributed by atoms with Gasteiger partial charge in [-0.3, -0.25) is 0 Å². The molecule has 1 aliphatic carbocycles. The van der Waals surface area contributed by atoms with Crippen LogP contribution in [0.3, 0.4) is 0 Å². The summed E-state index contributed by atoms with van der Waals surface area (Å²) < 4.78 is 11.9. The fourth-order valence-corrected chi connectivity index (χ4v) is 6.19.